The second-order valence-corrected chi connectivity index (χ2v) is 7.37. The van der Waals surface area contributed by atoms with E-state index in [-0.39, 0.29) is 18.6 Å². The van der Waals surface area contributed by atoms with Gasteiger partial charge in [0.25, 0.3) is 5.91 Å². The summed E-state index contributed by atoms with van der Waals surface area (Å²) in [5, 5.41) is 0.663. The summed E-state index contributed by atoms with van der Waals surface area (Å²) in [7, 11) is 0. The van der Waals surface area contributed by atoms with Crippen LogP contribution in [0.3, 0.4) is 0 Å². The fourth-order valence-electron chi connectivity index (χ4n) is 2.95. The van der Waals surface area contributed by atoms with E-state index < -0.39 is 0 Å². The first kappa shape index (κ1) is 21.0. The number of hydrogen-bond acceptors (Lipinski definition) is 6. The van der Waals surface area contributed by atoms with Gasteiger partial charge in [-0.1, -0.05) is 36.0 Å². The molecule has 0 saturated carbocycles. The zero-order valence-electron chi connectivity index (χ0n) is 17.0. The Hall–Kier alpha value is -2.67. The highest BCUT2D eigenvalue weighted by atomic mass is 32.2. The van der Waals surface area contributed by atoms with Crippen molar-refractivity contribution >= 4 is 28.5 Å². The molecule has 1 aliphatic rings. The Morgan fingerprint density at radius 1 is 1.00 bits per heavy atom. The Morgan fingerprint density at radius 2 is 1.59 bits per heavy atom. The molecular weight excluding hydrogens is 388 g/mol. The van der Waals surface area contributed by atoms with Crippen molar-refractivity contribution in [1.82, 2.24) is 4.90 Å². The molecule has 2 aromatic carbocycles. The first-order valence-electron chi connectivity index (χ1n) is 9.74. The van der Waals surface area contributed by atoms with E-state index in [0.717, 1.165) is 5.75 Å². The molecule has 0 spiro atoms. The van der Waals surface area contributed by atoms with E-state index in [9.17, 15) is 4.79 Å². The van der Waals surface area contributed by atoms with E-state index in [1.165, 1.54) is 0 Å². The Labute approximate surface area is 175 Å². The summed E-state index contributed by atoms with van der Waals surface area (Å²) in [5.41, 5.74) is 0.714. The monoisotopic (exact) mass is 414 g/mol. The zero-order valence-corrected chi connectivity index (χ0v) is 17.8. The summed E-state index contributed by atoms with van der Waals surface area (Å²) >= 11 is 1.56. The fraction of sp³-hybridized carbons (Fsp3) is 0.364. The second kappa shape index (κ2) is 10.2. The molecule has 0 radical (unpaired) electrons. The van der Waals surface area contributed by atoms with Crippen LogP contribution in [0, 0.1) is 0 Å². The molecule has 0 aromatic heterocycles. The summed E-state index contributed by atoms with van der Waals surface area (Å²) in [6.45, 7) is 6.86. The maximum Gasteiger partial charge on any atom is 0.266 e. The fourth-order valence-corrected chi connectivity index (χ4v) is 4.07. The molecule has 6 nitrogen and oxygen atoms in total. The molecule has 0 N–H and O–H groups in total. The minimum atomic E-state index is -0.138. The van der Waals surface area contributed by atoms with E-state index in [1.54, 1.807) is 22.7 Å². The lowest BCUT2D eigenvalue weighted by Gasteiger charge is -2.21. The number of carbonyl (C=O) groups is 1. The number of benzene rings is 2. The largest absolute Gasteiger partial charge is 0.492 e. The topological polar surface area (TPSA) is 60.4 Å². The standard InChI is InChI=1S/C22H26N2O4S/c1-4-26-18-11-7-6-10-17(18)23-22-24(16(3)15-29-22)21(25)14-28-20-13-9-8-12-19(20)27-5-2/h6-13,16H,4-5,14-15H2,1-3H3/t16-/m0/s1. The highest BCUT2D eigenvalue weighted by Crippen LogP contribution is 2.32. The van der Waals surface area contributed by atoms with Crippen LogP contribution < -0.4 is 14.2 Å². The van der Waals surface area contributed by atoms with Crippen LogP contribution in [-0.2, 0) is 4.79 Å². The van der Waals surface area contributed by atoms with Crippen molar-refractivity contribution in [3.8, 4) is 17.2 Å². The van der Waals surface area contributed by atoms with Crippen molar-refractivity contribution in [2.45, 2.75) is 26.8 Å². The normalized spacial score (nSPS) is 17.4. The van der Waals surface area contributed by atoms with Gasteiger partial charge in [0, 0.05) is 11.8 Å². The molecule has 154 valence electrons. The van der Waals surface area contributed by atoms with Gasteiger partial charge in [0.1, 0.15) is 11.4 Å². The third-order valence-corrected chi connectivity index (χ3v) is 5.45. The molecule has 0 bridgehead atoms. The Bertz CT molecular complexity index is 871. The number of amides is 1. The number of rotatable bonds is 8. The van der Waals surface area contributed by atoms with Gasteiger partial charge in [-0.05, 0) is 45.0 Å². The van der Waals surface area contributed by atoms with Crippen LogP contribution in [0.5, 0.6) is 17.2 Å². The SMILES string of the molecule is CCOc1ccccc1N=C1SC[C@H](C)N1C(=O)COc1ccccc1OCC. The van der Waals surface area contributed by atoms with E-state index in [4.69, 9.17) is 19.2 Å². The van der Waals surface area contributed by atoms with Crippen molar-refractivity contribution in [3.63, 3.8) is 0 Å². The lowest BCUT2D eigenvalue weighted by atomic mass is 10.3. The quantitative estimate of drug-likeness (QED) is 0.636. The molecule has 7 heteroatoms. The number of nitrogens with zero attached hydrogens (tertiary/aromatic N) is 2. The van der Waals surface area contributed by atoms with Crippen LogP contribution in [0.25, 0.3) is 0 Å². The third-order valence-electron chi connectivity index (χ3n) is 4.25. The Kier molecular flexibility index (Phi) is 7.41. The molecule has 0 aliphatic carbocycles. The minimum Gasteiger partial charge on any atom is -0.492 e. The summed E-state index contributed by atoms with van der Waals surface area (Å²) in [6, 6.07) is 15.0. The molecular formula is C22H26N2O4S. The summed E-state index contributed by atoms with van der Waals surface area (Å²) < 4.78 is 17.0. The van der Waals surface area contributed by atoms with Crippen LogP contribution in [-0.4, -0.2) is 47.6 Å². The maximum atomic E-state index is 12.9. The first-order chi connectivity index (χ1) is 14.1. The third kappa shape index (κ3) is 5.23. The Morgan fingerprint density at radius 3 is 2.28 bits per heavy atom. The zero-order chi connectivity index (χ0) is 20.6. The van der Waals surface area contributed by atoms with E-state index in [1.807, 2.05) is 63.2 Å². The van der Waals surface area contributed by atoms with Crippen LogP contribution in [0.1, 0.15) is 20.8 Å². The summed E-state index contributed by atoms with van der Waals surface area (Å²) in [4.78, 5) is 19.4. The van der Waals surface area contributed by atoms with Crippen LogP contribution >= 0.6 is 11.8 Å². The van der Waals surface area contributed by atoms with Gasteiger partial charge in [0.05, 0.1) is 13.2 Å². The number of thioether (sulfide) groups is 1. The van der Waals surface area contributed by atoms with Gasteiger partial charge in [-0.3, -0.25) is 9.69 Å². The summed E-state index contributed by atoms with van der Waals surface area (Å²) in [5.74, 6) is 2.55. The molecule has 1 saturated heterocycles. The predicted molar refractivity (Wildman–Crippen MR) is 117 cm³/mol. The smallest absolute Gasteiger partial charge is 0.266 e. The molecule has 1 fully saturated rings. The van der Waals surface area contributed by atoms with E-state index >= 15 is 0 Å². The van der Waals surface area contributed by atoms with Gasteiger partial charge in [0.15, 0.2) is 23.3 Å². The molecule has 1 atom stereocenters. The second-order valence-electron chi connectivity index (χ2n) is 6.39. The van der Waals surface area contributed by atoms with Crippen molar-refractivity contribution in [1.29, 1.82) is 0 Å². The van der Waals surface area contributed by atoms with E-state index in [2.05, 4.69) is 0 Å². The van der Waals surface area contributed by atoms with Gasteiger partial charge >= 0.3 is 0 Å². The van der Waals surface area contributed by atoms with Crippen LogP contribution in [0.4, 0.5) is 5.69 Å². The molecule has 3 rings (SSSR count). The predicted octanol–water partition coefficient (Wildman–Crippen LogP) is 4.51. The average molecular weight is 415 g/mol. The van der Waals surface area contributed by atoms with Gasteiger partial charge in [-0.25, -0.2) is 4.99 Å². The number of amidine groups is 1. The molecule has 0 unspecified atom stereocenters. The first-order valence-corrected chi connectivity index (χ1v) is 10.7. The van der Waals surface area contributed by atoms with Crippen molar-refractivity contribution < 1.29 is 19.0 Å². The maximum absolute atomic E-state index is 12.9. The minimum absolute atomic E-state index is 0.0382. The number of para-hydroxylation sites is 4. The highest BCUT2D eigenvalue weighted by Gasteiger charge is 2.32. The Balaban J connectivity index is 1.75. The van der Waals surface area contributed by atoms with Gasteiger partial charge in [0.2, 0.25) is 0 Å². The van der Waals surface area contributed by atoms with Crippen molar-refractivity contribution in [2.24, 2.45) is 4.99 Å². The lowest BCUT2D eigenvalue weighted by molar-refractivity contribution is -0.130. The summed E-state index contributed by atoms with van der Waals surface area (Å²) in [6.07, 6.45) is 0. The molecule has 1 aliphatic heterocycles. The highest BCUT2D eigenvalue weighted by molar-refractivity contribution is 8.14. The van der Waals surface area contributed by atoms with Crippen LogP contribution in [0.2, 0.25) is 0 Å². The number of ether oxygens (including phenoxy) is 3. The van der Waals surface area contributed by atoms with Gasteiger partial charge < -0.3 is 14.2 Å². The number of hydrogen-bond donors (Lipinski definition) is 0. The molecule has 29 heavy (non-hydrogen) atoms. The van der Waals surface area contributed by atoms with Crippen molar-refractivity contribution in [2.75, 3.05) is 25.6 Å². The number of carbonyl (C=O) groups excluding carboxylic acids is 1. The average Bonchev–Trinajstić information content (AvgIpc) is 3.09. The van der Waals surface area contributed by atoms with Gasteiger partial charge in [-0.15, -0.1) is 0 Å². The molecule has 2 aromatic rings. The molecule has 1 heterocycles. The lowest BCUT2D eigenvalue weighted by Crippen LogP contribution is -2.40. The van der Waals surface area contributed by atoms with Crippen LogP contribution in [0.15, 0.2) is 53.5 Å². The number of aliphatic imine (C=N–C) groups is 1. The molecule has 1 amide bonds. The van der Waals surface area contributed by atoms with Gasteiger partial charge in [-0.2, -0.15) is 0 Å². The van der Waals surface area contributed by atoms with E-state index in [0.29, 0.717) is 41.3 Å². The van der Waals surface area contributed by atoms with Crippen molar-refractivity contribution in [3.05, 3.63) is 48.5 Å².